The van der Waals surface area contributed by atoms with Crippen LogP contribution < -0.4 is 16.0 Å². The van der Waals surface area contributed by atoms with Crippen molar-refractivity contribution in [1.82, 2.24) is 4.90 Å². The molecule has 114 valence electrons. The minimum Gasteiger partial charge on any atom is -0.397 e. The van der Waals surface area contributed by atoms with Crippen molar-refractivity contribution in [3.05, 3.63) is 17.7 Å². The monoisotopic (exact) mass is 288 g/mol. The van der Waals surface area contributed by atoms with E-state index >= 15 is 0 Å². The molecule has 1 amide bonds. The quantitative estimate of drug-likeness (QED) is 0.828. The van der Waals surface area contributed by atoms with Gasteiger partial charge in [-0.05, 0) is 50.0 Å². The Morgan fingerprint density at radius 3 is 2.95 bits per heavy atom. The second-order valence-electron chi connectivity index (χ2n) is 6.41. The van der Waals surface area contributed by atoms with Gasteiger partial charge in [0.15, 0.2) is 0 Å². The van der Waals surface area contributed by atoms with Gasteiger partial charge in [0.2, 0.25) is 5.91 Å². The Labute approximate surface area is 126 Å². The highest BCUT2D eigenvalue weighted by atomic mass is 16.1. The summed E-state index contributed by atoms with van der Waals surface area (Å²) in [5.41, 5.74) is 10.1. The number of rotatable bonds is 3. The summed E-state index contributed by atoms with van der Waals surface area (Å²) in [6.07, 6.45) is 2.61. The van der Waals surface area contributed by atoms with Gasteiger partial charge in [0, 0.05) is 32.2 Å². The van der Waals surface area contributed by atoms with E-state index in [4.69, 9.17) is 5.73 Å². The van der Waals surface area contributed by atoms with Gasteiger partial charge in [-0.2, -0.15) is 0 Å². The second-order valence-corrected chi connectivity index (χ2v) is 6.41. The normalized spacial score (nSPS) is 22.0. The molecule has 5 nitrogen and oxygen atoms in total. The molecule has 1 unspecified atom stereocenters. The van der Waals surface area contributed by atoms with Gasteiger partial charge in [-0.1, -0.05) is 0 Å². The molecule has 1 aromatic rings. The lowest BCUT2D eigenvalue weighted by Gasteiger charge is -2.27. The first-order valence-electron chi connectivity index (χ1n) is 7.65. The summed E-state index contributed by atoms with van der Waals surface area (Å²) in [7, 11) is 4.29. The van der Waals surface area contributed by atoms with Crippen molar-refractivity contribution in [2.24, 2.45) is 5.92 Å². The highest BCUT2D eigenvalue weighted by Gasteiger charge is 2.23. The van der Waals surface area contributed by atoms with Crippen molar-refractivity contribution >= 4 is 23.0 Å². The second kappa shape index (κ2) is 5.56. The maximum absolute atomic E-state index is 11.4. The van der Waals surface area contributed by atoms with E-state index < -0.39 is 0 Å². The number of nitrogen functional groups attached to an aromatic ring is 1. The lowest BCUT2D eigenvalue weighted by molar-refractivity contribution is -0.116. The lowest BCUT2D eigenvalue weighted by atomic mass is 10.0. The number of likely N-dealkylation sites (tertiary alicyclic amines) is 1. The summed E-state index contributed by atoms with van der Waals surface area (Å²) in [6.45, 7) is 3.37. The first-order valence-corrected chi connectivity index (χ1v) is 7.65. The van der Waals surface area contributed by atoms with Crippen LogP contribution >= 0.6 is 0 Å². The molecule has 0 bridgehead atoms. The number of nitrogens with two attached hydrogens (primary N) is 1. The summed E-state index contributed by atoms with van der Waals surface area (Å²) >= 11 is 0. The Morgan fingerprint density at radius 2 is 2.24 bits per heavy atom. The molecule has 2 aliphatic rings. The molecule has 1 atom stereocenters. The fraction of sp³-hybridized carbons (Fsp3) is 0.562. The number of hydrogen-bond acceptors (Lipinski definition) is 4. The number of amides is 1. The maximum Gasteiger partial charge on any atom is 0.224 e. The van der Waals surface area contributed by atoms with Gasteiger partial charge in [0.1, 0.15) is 0 Å². The summed E-state index contributed by atoms with van der Waals surface area (Å²) in [5, 5.41) is 2.90. The molecule has 3 N–H and O–H groups in total. The van der Waals surface area contributed by atoms with E-state index in [0.29, 0.717) is 12.3 Å². The lowest BCUT2D eigenvalue weighted by Crippen LogP contribution is -2.28. The standard InChI is InChI=1S/C16H24N4O/c1-19-6-5-11(9-19)10-20(2)15-7-12-3-4-16(21)18-14(12)8-13(15)17/h7-8,11H,3-6,9-10,17H2,1-2H3,(H,18,21). The number of nitrogens with zero attached hydrogens (tertiary/aromatic N) is 2. The zero-order chi connectivity index (χ0) is 15.0. The molecule has 0 saturated carbocycles. The molecule has 1 aromatic carbocycles. The average molecular weight is 288 g/mol. The highest BCUT2D eigenvalue weighted by Crippen LogP contribution is 2.33. The van der Waals surface area contributed by atoms with Gasteiger partial charge in [-0.15, -0.1) is 0 Å². The van der Waals surface area contributed by atoms with E-state index in [9.17, 15) is 4.79 Å². The Kier molecular flexibility index (Phi) is 3.76. The first-order chi connectivity index (χ1) is 10.0. The average Bonchev–Trinajstić information content (AvgIpc) is 2.83. The minimum absolute atomic E-state index is 0.0806. The van der Waals surface area contributed by atoms with Crippen molar-refractivity contribution in [1.29, 1.82) is 0 Å². The third-order valence-electron chi connectivity index (χ3n) is 4.58. The Morgan fingerprint density at radius 1 is 1.43 bits per heavy atom. The van der Waals surface area contributed by atoms with Crippen LogP contribution in [-0.4, -0.2) is 44.5 Å². The number of anilines is 3. The zero-order valence-electron chi connectivity index (χ0n) is 12.9. The Bertz CT molecular complexity index is 557. The molecule has 1 saturated heterocycles. The van der Waals surface area contributed by atoms with Crippen LogP contribution in [0, 0.1) is 5.92 Å². The van der Waals surface area contributed by atoms with E-state index in [1.807, 2.05) is 6.07 Å². The molecule has 21 heavy (non-hydrogen) atoms. The summed E-state index contributed by atoms with van der Waals surface area (Å²) in [6, 6.07) is 4.04. The van der Waals surface area contributed by atoms with Crippen LogP contribution in [0.5, 0.6) is 0 Å². The Balaban J connectivity index is 1.77. The number of fused-ring (bicyclic) bond motifs is 1. The molecular formula is C16H24N4O. The molecule has 0 aromatic heterocycles. The fourth-order valence-corrected chi connectivity index (χ4v) is 3.42. The predicted molar refractivity (Wildman–Crippen MR) is 86.7 cm³/mol. The SMILES string of the molecule is CN1CCC(CN(C)c2cc3c(cc2N)NC(=O)CC3)C1. The van der Waals surface area contributed by atoms with Gasteiger partial charge in [-0.3, -0.25) is 4.79 Å². The first kappa shape index (κ1) is 14.2. The smallest absolute Gasteiger partial charge is 0.224 e. The summed E-state index contributed by atoms with van der Waals surface area (Å²) in [5.74, 6) is 0.784. The van der Waals surface area contributed by atoms with Crippen LogP contribution in [-0.2, 0) is 11.2 Å². The van der Waals surface area contributed by atoms with Crippen molar-refractivity contribution in [2.45, 2.75) is 19.3 Å². The van der Waals surface area contributed by atoms with Crippen LogP contribution in [0.3, 0.4) is 0 Å². The van der Waals surface area contributed by atoms with Gasteiger partial charge >= 0.3 is 0 Å². The highest BCUT2D eigenvalue weighted by molar-refractivity contribution is 5.95. The number of nitrogens with one attached hydrogen (secondary N) is 1. The van der Waals surface area contributed by atoms with E-state index in [1.54, 1.807) is 0 Å². The fourth-order valence-electron chi connectivity index (χ4n) is 3.42. The molecule has 0 radical (unpaired) electrons. The van der Waals surface area contributed by atoms with Crippen molar-refractivity contribution < 1.29 is 4.79 Å². The minimum atomic E-state index is 0.0806. The molecular weight excluding hydrogens is 264 g/mol. The Hall–Kier alpha value is -1.75. The third kappa shape index (κ3) is 2.97. The van der Waals surface area contributed by atoms with E-state index in [2.05, 4.69) is 35.3 Å². The van der Waals surface area contributed by atoms with Gasteiger partial charge in [0.05, 0.1) is 11.4 Å². The third-order valence-corrected chi connectivity index (χ3v) is 4.58. The number of aryl methyl sites for hydroxylation is 1. The van der Waals surface area contributed by atoms with Crippen molar-refractivity contribution in [3.8, 4) is 0 Å². The topological polar surface area (TPSA) is 61.6 Å². The van der Waals surface area contributed by atoms with Crippen LogP contribution in [0.25, 0.3) is 0 Å². The van der Waals surface area contributed by atoms with Crippen LogP contribution in [0.15, 0.2) is 12.1 Å². The predicted octanol–water partition coefficient (Wildman–Crippen LogP) is 1.54. The number of benzene rings is 1. The maximum atomic E-state index is 11.4. The molecule has 2 heterocycles. The van der Waals surface area contributed by atoms with Crippen molar-refractivity contribution in [2.75, 3.05) is 49.7 Å². The largest absolute Gasteiger partial charge is 0.397 e. The molecule has 5 heteroatoms. The number of carbonyl (C=O) groups is 1. The molecule has 0 spiro atoms. The van der Waals surface area contributed by atoms with Gasteiger partial charge < -0.3 is 20.9 Å². The molecule has 3 rings (SSSR count). The number of carbonyl (C=O) groups excluding carboxylic acids is 1. The molecule has 2 aliphatic heterocycles. The van der Waals surface area contributed by atoms with Crippen LogP contribution in [0.2, 0.25) is 0 Å². The summed E-state index contributed by atoms with van der Waals surface area (Å²) < 4.78 is 0. The van der Waals surface area contributed by atoms with E-state index in [0.717, 1.165) is 36.6 Å². The van der Waals surface area contributed by atoms with Gasteiger partial charge in [0.25, 0.3) is 0 Å². The van der Waals surface area contributed by atoms with E-state index in [1.165, 1.54) is 18.5 Å². The van der Waals surface area contributed by atoms with Crippen LogP contribution in [0.1, 0.15) is 18.4 Å². The summed E-state index contributed by atoms with van der Waals surface area (Å²) in [4.78, 5) is 16.1. The molecule has 1 fully saturated rings. The van der Waals surface area contributed by atoms with Crippen molar-refractivity contribution in [3.63, 3.8) is 0 Å². The zero-order valence-corrected chi connectivity index (χ0v) is 12.9. The van der Waals surface area contributed by atoms with Crippen LogP contribution in [0.4, 0.5) is 17.1 Å². The number of hydrogen-bond donors (Lipinski definition) is 2. The van der Waals surface area contributed by atoms with Gasteiger partial charge in [-0.25, -0.2) is 0 Å². The molecule has 0 aliphatic carbocycles. The van der Waals surface area contributed by atoms with E-state index in [-0.39, 0.29) is 5.91 Å².